The van der Waals surface area contributed by atoms with E-state index in [1.807, 2.05) is 0 Å². The first-order valence-electron chi connectivity index (χ1n) is 5.95. The van der Waals surface area contributed by atoms with E-state index in [9.17, 15) is 22.4 Å². The highest BCUT2D eigenvalue weighted by Gasteiger charge is 2.16. The van der Waals surface area contributed by atoms with Gasteiger partial charge in [0.2, 0.25) is 0 Å². The molecule has 0 aliphatic rings. The molecule has 1 aromatic rings. The van der Waals surface area contributed by atoms with Crippen LogP contribution in [0.15, 0.2) is 18.2 Å². The monoisotopic (exact) mass is 318 g/mol. The zero-order chi connectivity index (χ0) is 16.0. The fourth-order valence-electron chi connectivity index (χ4n) is 1.52. The molecule has 0 radical (unpaired) electrons. The summed E-state index contributed by atoms with van der Waals surface area (Å²) in [5, 5.41) is 13.3. The van der Waals surface area contributed by atoms with Crippen molar-refractivity contribution in [3.8, 4) is 0 Å². The van der Waals surface area contributed by atoms with Gasteiger partial charge in [-0.15, -0.1) is 0 Å². The van der Waals surface area contributed by atoms with Crippen molar-refractivity contribution in [3.63, 3.8) is 0 Å². The number of carboxylic acid groups (broad SMARTS) is 1. The standard InChI is InChI=1S/C12H15FN2O5S/c1-21(19,20)7-3-6-14-12(18)15-10-8(11(16)17)4-2-5-9(10)13/h2,4-5H,3,6-7H2,1H3,(H,16,17)(H2,14,15,18). The minimum absolute atomic E-state index is 0.0652. The van der Waals surface area contributed by atoms with Crippen molar-refractivity contribution in [2.75, 3.05) is 23.9 Å². The van der Waals surface area contributed by atoms with Crippen molar-refractivity contribution in [2.45, 2.75) is 6.42 Å². The number of sulfone groups is 1. The fourth-order valence-corrected chi connectivity index (χ4v) is 2.19. The topological polar surface area (TPSA) is 113 Å². The molecule has 0 aliphatic heterocycles. The molecule has 0 atom stereocenters. The van der Waals surface area contributed by atoms with Gasteiger partial charge in [-0.25, -0.2) is 22.4 Å². The van der Waals surface area contributed by atoms with E-state index in [0.29, 0.717) is 0 Å². The van der Waals surface area contributed by atoms with Crippen molar-refractivity contribution < 1.29 is 27.5 Å². The molecule has 0 saturated carbocycles. The van der Waals surface area contributed by atoms with Crippen LogP contribution in [0, 0.1) is 5.82 Å². The minimum atomic E-state index is -3.12. The number of carbonyl (C=O) groups excluding carboxylic acids is 1. The summed E-state index contributed by atoms with van der Waals surface area (Å²) in [5.74, 6) is -2.34. The van der Waals surface area contributed by atoms with Gasteiger partial charge in [0.1, 0.15) is 15.7 Å². The van der Waals surface area contributed by atoms with Gasteiger partial charge in [-0.05, 0) is 18.6 Å². The summed E-state index contributed by atoms with van der Waals surface area (Å²) in [4.78, 5) is 22.5. The molecule has 0 aliphatic carbocycles. The summed E-state index contributed by atoms with van der Waals surface area (Å²) in [6, 6.07) is 2.58. The lowest BCUT2D eigenvalue weighted by molar-refractivity contribution is 0.0697. The number of amides is 2. The third kappa shape index (κ3) is 5.78. The number of para-hydroxylation sites is 1. The summed E-state index contributed by atoms with van der Waals surface area (Å²) in [6.07, 6.45) is 1.28. The number of halogens is 1. The normalized spacial score (nSPS) is 11.0. The third-order valence-electron chi connectivity index (χ3n) is 2.46. The number of carboxylic acids is 1. The number of rotatable bonds is 6. The van der Waals surface area contributed by atoms with E-state index in [4.69, 9.17) is 5.11 Å². The Morgan fingerprint density at radius 1 is 1.33 bits per heavy atom. The van der Waals surface area contributed by atoms with E-state index in [-0.39, 0.29) is 24.3 Å². The molecule has 21 heavy (non-hydrogen) atoms. The Balaban J connectivity index is 2.61. The van der Waals surface area contributed by atoms with Gasteiger partial charge in [0, 0.05) is 12.8 Å². The van der Waals surface area contributed by atoms with Crippen LogP contribution >= 0.6 is 0 Å². The first-order chi connectivity index (χ1) is 9.70. The highest BCUT2D eigenvalue weighted by molar-refractivity contribution is 7.90. The molecule has 0 heterocycles. The number of anilines is 1. The smallest absolute Gasteiger partial charge is 0.337 e. The average Bonchev–Trinajstić information content (AvgIpc) is 2.35. The van der Waals surface area contributed by atoms with Crippen molar-refractivity contribution in [1.82, 2.24) is 5.32 Å². The Morgan fingerprint density at radius 2 is 2.00 bits per heavy atom. The quantitative estimate of drug-likeness (QED) is 0.679. The van der Waals surface area contributed by atoms with Gasteiger partial charge in [0.25, 0.3) is 0 Å². The lowest BCUT2D eigenvalue weighted by atomic mass is 10.1. The van der Waals surface area contributed by atoms with Crippen LogP contribution in [0.3, 0.4) is 0 Å². The number of benzene rings is 1. The molecule has 0 unspecified atom stereocenters. The van der Waals surface area contributed by atoms with E-state index in [2.05, 4.69) is 10.6 Å². The lowest BCUT2D eigenvalue weighted by Crippen LogP contribution is -2.31. The van der Waals surface area contributed by atoms with Crippen LogP contribution in [0.4, 0.5) is 14.9 Å². The predicted octanol–water partition coefficient (Wildman–Crippen LogP) is 1.08. The summed E-state index contributed by atoms with van der Waals surface area (Å²) in [7, 11) is -3.12. The van der Waals surface area contributed by atoms with Crippen LogP contribution in [-0.4, -0.2) is 44.1 Å². The third-order valence-corrected chi connectivity index (χ3v) is 3.49. The van der Waals surface area contributed by atoms with Gasteiger partial charge in [-0.2, -0.15) is 0 Å². The Morgan fingerprint density at radius 3 is 2.57 bits per heavy atom. The molecule has 0 spiro atoms. The zero-order valence-electron chi connectivity index (χ0n) is 11.2. The predicted molar refractivity (Wildman–Crippen MR) is 74.7 cm³/mol. The Labute approximate surface area is 121 Å². The van der Waals surface area contributed by atoms with E-state index in [0.717, 1.165) is 18.4 Å². The molecule has 0 saturated heterocycles. The van der Waals surface area contributed by atoms with Crippen molar-refractivity contribution in [2.24, 2.45) is 0 Å². The van der Waals surface area contributed by atoms with Crippen LogP contribution < -0.4 is 10.6 Å². The maximum Gasteiger partial charge on any atom is 0.337 e. The maximum absolute atomic E-state index is 13.5. The highest BCUT2D eigenvalue weighted by Crippen LogP contribution is 2.19. The molecule has 1 rings (SSSR count). The second-order valence-electron chi connectivity index (χ2n) is 4.33. The molecular formula is C12H15FN2O5S. The highest BCUT2D eigenvalue weighted by atomic mass is 32.2. The number of hydrogen-bond acceptors (Lipinski definition) is 4. The maximum atomic E-state index is 13.5. The number of aromatic carboxylic acids is 1. The first-order valence-corrected chi connectivity index (χ1v) is 8.01. The van der Waals surface area contributed by atoms with Crippen LogP contribution in [0.2, 0.25) is 0 Å². The summed E-state index contributed by atoms with van der Waals surface area (Å²) in [5.41, 5.74) is -0.813. The average molecular weight is 318 g/mol. The van der Waals surface area contributed by atoms with Gasteiger partial charge >= 0.3 is 12.0 Å². The van der Waals surface area contributed by atoms with Crippen molar-refractivity contribution in [3.05, 3.63) is 29.6 Å². The minimum Gasteiger partial charge on any atom is -0.478 e. The Kier molecular flexibility index (Phi) is 5.65. The molecular weight excluding hydrogens is 303 g/mol. The van der Waals surface area contributed by atoms with Crippen LogP contribution in [-0.2, 0) is 9.84 Å². The van der Waals surface area contributed by atoms with Gasteiger partial charge in [0.15, 0.2) is 0 Å². The molecule has 9 heteroatoms. The van der Waals surface area contributed by atoms with E-state index in [1.54, 1.807) is 0 Å². The number of nitrogens with one attached hydrogen (secondary N) is 2. The second kappa shape index (κ2) is 7.02. The molecule has 0 fully saturated rings. The first kappa shape index (κ1) is 16.9. The van der Waals surface area contributed by atoms with Crippen LogP contribution in [0.1, 0.15) is 16.8 Å². The van der Waals surface area contributed by atoms with Gasteiger partial charge in [-0.3, -0.25) is 0 Å². The molecule has 0 bridgehead atoms. The summed E-state index contributed by atoms with van der Waals surface area (Å²) in [6.45, 7) is 0.0652. The summed E-state index contributed by atoms with van der Waals surface area (Å²) >= 11 is 0. The van der Waals surface area contributed by atoms with Crippen LogP contribution in [0.5, 0.6) is 0 Å². The Hall–Kier alpha value is -2.16. The van der Waals surface area contributed by atoms with Crippen molar-refractivity contribution >= 4 is 27.5 Å². The molecule has 3 N–H and O–H groups in total. The van der Waals surface area contributed by atoms with Crippen LogP contribution in [0.25, 0.3) is 0 Å². The molecule has 1 aromatic carbocycles. The molecule has 7 nitrogen and oxygen atoms in total. The molecule has 116 valence electrons. The number of carbonyl (C=O) groups is 2. The molecule has 2 amide bonds. The van der Waals surface area contributed by atoms with E-state index >= 15 is 0 Å². The van der Waals surface area contributed by atoms with E-state index in [1.165, 1.54) is 6.07 Å². The zero-order valence-corrected chi connectivity index (χ0v) is 12.0. The SMILES string of the molecule is CS(=O)(=O)CCCNC(=O)Nc1c(F)cccc1C(=O)O. The lowest BCUT2D eigenvalue weighted by Gasteiger charge is -2.10. The summed E-state index contributed by atoms with van der Waals surface area (Å²) < 4.78 is 35.3. The van der Waals surface area contributed by atoms with Gasteiger partial charge in [-0.1, -0.05) is 6.07 Å². The second-order valence-corrected chi connectivity index (χ2v) is 6.59. The Bertz CT molecular complexity index is 645. The molecule has 0 aromatic heterocycles. The van der Waals surface area contributed by atoms with Gasteiger partial charge in [0.05, 0.1) is 17.0 Å². The number of hydrogen-bond donors (Lipinski definition) is 3. The largest absolute Gasteiger partial charge is 0.478 e. The number of urea groups is 1. The fraction of sp³-hybridized carbons (Fsp3) is 0.333. The van der Waals surface area contributed by atoms with Crippen molar-refractivity contribution in [1.29, 1.82) is 0 Å². The van der Waals surface area contributed by atoms with E-state index < -0.39 is 33.3 Å². The van der Waals surface area contributed by atoms with Gasteiger partial charge < -0.3 is 15.7 Å².